The average Bonchev–Trinajstić information content (AvgIpc) is 2.81. The largest absolute Gasteiger partial charge is 0.511 e. The molecule has 9 nitrogen and oxygen atoms in total. The Labute approximate surface area is 206 Å². The Kier molecular flexibility index (Phi) is 5.40. The first-order chi connectivity index (χ1) is 17.0. The number of hydrogen-bond donors (Lipinski definition) is 6. The molecule has 0 spiro atoms. The second-order valence-electron chi connectivity index (χ2n) is 9.75. The van der Waals surface area contributed by atoms with Crippen molar-refractivity contribution in [2.45, 2.75) is 37.7 Å². The van der Waals surface area contributed by atoms with E-state index in [1.165, 1.54) is 6.07 Å². The molecule has 3 aliphatic carbocycles. The second kappa shape index (κ2) is 8.23. The summed E-state index contributed by atoms with van der Waals surface area (Å²) in [4.78, 5) is 38.3. The summed E-state index contributed by atoms with van der Waals surface area (Å²) in [5.74, 6) is -6.28. The van der Waals surface area contributed by atoms with Crippen molar-refractivity contribution in [3.63, 3.8) is 0 Å². The number of allylic oxidation sites excluding steroid dienone is 2. The standard InChI is InChI=1S/C27H26N2O7/c28-16-6-2-12(3-7-16)1-4-13-5-8-18(30)21-17(13)10-14-9-15-11-19(31)22(26(29)35)25(34)27(15,36)24(33)20(14)23(21)32/h2-3,5-8,14-15,30-31,33,36H,1,4,9-11,28H2,(H2,29,35)/t14-,15+,27+/m1/s1. The van der Waals surface area contributed by atoms with E-state index in [4.69, 9.17) is 11.5 Å². The van der Waals surface area contributed by atoms with E-state index in [9.17, 15) is 34.8 Å². The Morgan fingerprint density at radius 1 is 1.00 bits per heavy atom. The molecular formula is C27H26N2O7. The fourth-order valence-corrected chi connectivity index (χ4v) is 5.88. The number of aromatic hydroxyl groups is 1. The number of aliphatic hydroxyl groups excluding tert-OH is 2. The highest BCUT2D eigenvalue weighted by Gasteiger charge is 2.59. The van der Waals surface area contributed by atoms with Crippen molar-refractivity contribution in [2.75, 3.05) is 5.73 Å². The van der Waals surface area contributed by atoms with Gasteiger partial charge in [0, 0.05) is 23.6 Å². The Balaban J connectivity index is 1.55. The van der Waals surface area contributed by atoms with Gasteiger partial charge in [0.2, 0.25) is 5.78 Å². The van der Waals surface area contributed by atoms with Crippen LogP contribution >= 0.6 is 0 Å². The van der Waals surface area contributed by atoms with Crippen molar-refractivity contribution in [2.24, 2.45) is 17.6 Å². The highest BCUT2D eigenvalue weighted by atomic mass is 16.3. The number of nitrogens with two attached hydrogens (primary N) is 2. The zero-order valence-corrected chi connectivity index (χ0v) is 19.3. The Hall–Kier alpha value is -4.11. The van der Waals surface area contributed by atoms with Crippen LogP contribution in [-0.2, 0) is 28.9 Å². The van der Waals surface area contributed by atoms with Crippen LogP contribution in [0.1, 0.15) is 39.9 Å². The minimum Gasteiger partial charge on any atom is -0.511 e. The van der Waals surface area contributed by atoms with Gasteiger partial charge < -0.3 is 31.9 Å². The first kappa shape index (κ1) is 23.6. The summed E-state index contributed by atoms with van der Waals surface area (Å²) in [7, 11) is 0. The maximum atomic E-state index is 13.6. The summed E-state index contributed by atoms with van der Waals surface area (Å²) in [6.07, 6.45) is 1.42. The van der Waals surface area contributed by atoms with Crippen molar-refractivity contribution < 1.29 is 34.8 Å². The molecule has 2 aromatic rings. The van der Waals surface area contributed by atoms with Crippen molar-refractivity contribution >= 4 is 23.2 Å². The summed E-state index contributed by atoms with van der Waals surface area (Å²) in [6.45, 7) is 0. The molecule has 5 rings (SSSR count). The molecule has 9 heteroatoms. The highest BCUT2D eigenvalue weighted by molar-refractivity contribution is 6.24. The van der Waals surface area contributed by atoms with Crippen LogP contribution < -0.4 is 11.5 Å². The maximum absolute atomic E-state index is 13.6. The smallest absolute Gasteiger partial charge is 0.255 e. The van der Waals surface area contributed by atoms with Gasteiger partial charge in [-0.3, -0.25) is 14.4 Å². The lowest BCUT2D eigenvalue weighted by Gasteiger charge is -2.45. The number of Topliss-reactive ketones (excluding diaryl/α,β-unsaturated/α-hetero) is 2. The summed E-state index contributed by atoms with van der Waals surface area (Å²) in [5.41, 5.74) is 10.7. The van der Waals surface area contributed by atoms with Crippen LogP contribution in [0.25, 0.3) is 0 Å². The highest BCUT2D eigenvalue weighted by Crippen LogP contribution is 2.51. The number of anilines is 1. The number of phenolic OH excluding ortho intramolecular Hbond substituents is 1. The minimum atomic E-state index is -2.56. The lowest BCUT2D eigenvalue weighted by Crippen LogP contribution is -2.57. The SMILES string of the molecule is NC(=O)C1=C(O)C[C@@H]2C[C@@H]3Cc4c(CCc5ccc(N)cc5)ccc(O)c4C(=O)C3=C(O)[C@]2(O)C1=O. The van der Waals surface area contributed by atoms with Gasteiger partial charge in [-0.25, -0.2) is 0 Å². The van der Waals surface area contributed by atoms with E-state index in [2.05, 4.69) is 0 Å². The van der Waals surface area contributed by atoms with Crippen LogP contribution in [0.4, 0.5) is 5.69 Å². The molecule has 0 unspecified atom stereocenters. The average molecular weight is 491 g/mol. The van der Waals surface area contributed by atoms with Gasteiger partial charge in [0.1, 0.15) is 22.8 Å². The van der Waals surface area contributed by atoms with Crippen molar-refractivity contribution in [3.05, 3.63) is 81.3 Å². The lowest BCUT2D eigenvalue weighted by molar-refractivity contribution is -0.144. The lowest BCUT2D eigenvalue weighted by atomic mass is 9.60. The van der Waals surface area contributed by atoms with E-state index < -0.39 is 52.0 Å². The van der Waals surface area contributed by atoms with Gasteiger partial charge in [0.05, 0.1) is 5.56 Å². The van der Waals surface area contributed by atoms with Gasteiger partial charge in [-0.1, -0.05) is 18.2 Å². The molecule has 0 aliphatic heterocycles. The Morgan fingerprint density at radius 3 is 2.36 bits per heavy atom. The van der Waals surface area contributed by atoms with Crippen LogP contribution in [0.5, 0.6) is 5.75 Å². The summed E-state index contributed by atoms with van der Waals surface area (Å²) in [6, 6.07) is 10.7. The number of fused-ring (bicyclic) bond motifs is 3. The maximum Gasteiger partial charge on any atom is 0.255 e. The number of rotatable bonds is 4. The van der Waals surface area contributed by atoms with Crippen LogP contribution in [-0.4, -0.2) is 43.5 Å². The second-order valence-corrected chi connectivity index (χ2v) is 9.75. The molecule has 0 aromatic heterocycles. The van der Waals surface area contributed by atoms with Crippen molar-refractivity contribution in [1.82, 2.24) is 0 Å². The van der Waals surface area contributed by atoms with Crippen LogP contribution in [0.2, 0.25) is 0 Å². The molecule has 3 atom stereocenters. The Bertz CT molecular complexity index is 1390. The number of benzene rings is 2. The number of nitrogen functional groups attached to an aromatic ring is 1. The van der Waals surface area contributed by atoms with Crippen molar-refractivity contribution in [3.8, 4) is 5.75 Å². The van der Waals surface area contributed by atoms with Gasteiger partial charge in [-0.05, 0) is 66.5 Å². The predicted octanol–water partition coefficient (Wildman–Crippen LogP) is 1.95. The molecule has 0 saturated carbocycles. The fourth-order valence-electron chi connectivity index (χ4n) is 5.88. The molecule has 2 aromatic carbocycles. The quantitative estimate of drug-likeness (QED) is 0.277. The number of aliphatic hydroxyl groups is 3. The summed E-state index contributed by atoms with van der Waals surface area (Å²) >= 11 is 0. The predicted molar refractivity (Wildman–Crippen MR) is 129 cm³/mol. The number of ketones is 2. The number of aryl methyl sites for hydroxylation is 2. The molecule has 1 amide bonds. The number of carbonyl (C=O) groups is 3. The third-order valence-electron chi connectivity index (χ3n) is 7.71. The number of hydrogen-bond acceptors (Lipinski definition) is 8. The number of carbonyl (C=O) groups excluding carboxylic acids is 3. The van der Waals surface area contributed by atoms with Gasteiger partial charge in [-0.15, -0.1) is 0 Å². The number of phenols is 1. The molecule has 36 heavy (non-hydrogen) atoms. The molecule has 0 heterocycles. The van der Waals surface area contributed by atoms with Gasteiger partial charge in [0.25, 0.3) is 5.91 Å². The van der Waals surface area contributed by atoms with Gasteiger partial charge in [0.15, 0.2) is 11.4 Å². The zero-order chi connectivity index (χ0) is 25.9. The molecule has 186 valence electrons. The van der Waals surface area contributed by atoms with E-state index in [0.717, 1.165) is 11.1 Å². The molecule has 0 saturated heterocycles. The fraction of sp³-hybridized carbons (Fsp3) is 0.296. The van der Waals surface area contributed by atoms with Crippen LogP contribution in [0, 0.1) is 11.8 Å². The van der Waals surface area contributed by atoms with E-state index >= 15 is 0 Å². The zero-order valence-electron chi connectivity index (χ0n) is 19.3. The van der Waals surface area contributed by atoms with Crippen LogP contribution in [0.3, 0.4) is 0 Å². The molecule has 8 N–H and O–H groups in total. The number of amides is 1. The van der Waals surface area contributed by atoms with E-state index in [1.54, 1.807) is 6.07 Å². The molecular weight excluding hydrogens is 464 g/mol. The third-order valence-corrected chi connectivity index (χ3v) is 7.71. The van der Waals surface area contributed by atoms with E-state index in [0.29, 0.717) is 30.5 Å². The summed E-state index contributed by atoms with van der Waals surface area (Å²) in [5, 5.41) is 43.2. The monoisotopic (exact) mass is 490 g/mol. The van der Waals surface area contributed by atoms with E-state index in [-0.39, 0.29) is 29.7 Å². The van der Waals surface area contributed by atoms with Crippen LogP contribution in [0.15, 0.2) is 59.1 Å². The third kappa shape index (κ3) is 3.38. The minimum absolute atomic E-state index is 0.0291. The first-order valence-electron chi connectivity index (χ1n) is 11.7. The molecule has 0 fully saturated rings. The molecule has 0 radical (unpaired) electrons. The molecule has 0 bridgehead atoms. The van der Waals surface area contributed by atoms with Gasteiger partial charge in [-0.2, -0.15) is 0 Å². The normalized spacial score (nSPS) is 25.4. The van der Waals surface area contributed by atoms with Crippen molar-refractivity contribution in [1.29, 1.82) is 0 Å². The van der Waals surface area contributed by atoms with Gasteiger partial charge >= 0.3 is 0 Å². The number of primary amides is 1. The topological polar surface area (TPSA) is 184 Å². The Morgan fingerprint density at radius 2 is 1.69 bits per heavy atom. The van der Waals surface area contributed by atoms with E-state index in [1.807, 2.05) is 24.3 Å². The summed E-state index contributed by atoms with van der Waals surface area (Å²) < 4.78 is 0. The first-order valence-corrected chi connectivity index (χ1v) is 11.7. The molecule has 3 aliphatic rings.